The Hall–Kier alpha value is -2.41. The Morgan fingerprint density at radius 3 is 2.96 bits per heavy atom. The number of aliphatic imine (C=N–C) groups is 1. The highest BCUT2D eigenvalue weighted by Gasteiger charge is 2.16. The molecule has 6 nitrogen and oxygen atoms in total. The highest BCUT2D eigenvalue weighted by Crippen LogP contribution is 2.34. The SMILES string of the molecule is CC(C)Oc1cc2c(cc1Nc1ncnc3[nH]c(Br)cc13)C=NC2. The van der Waals surface area contributed by atoms with Crippen molar-refractivity contribution in [2.75, 3.05) is 5.32 Å². The zero-order valence-corrected chi connectivity index (χ0v) is 14.9. The maximum Gasteiger partial charge on any atom is 0.143 e. The van der Waals surface area contributed by atoms with Gasteiger partial charge in [0.2, 0.25) is 0 Å². The molecule has 3 aromatic rings. The fourth-order valence-corrected chi connectivity index (χ4v) is 3.14. The lowest BCUT2D eigenvalue weighted by atomic mass is 10.1. The van der Waals surface area contributed by atoms with Crippen LogP contribution >= 0.6 is 15.9 Å². The molecule has 0 fully saturated rings. The average molecular weight is 386 g/mol. The molecule has 0 saturated heterocycles. The molecule has 1 aliphatic heterocycles. The molecule has 122 valence electrons. The molecule has 1 aliphatic rings. The molecule has 2 aromatic heterocycles. The fraction of sp³-hybridized carbons (Fsp3) is 0.235. The Bertz CT molecular complexity index is 948. The van der Waals surface area contributed by atoms with Gasteiger partial charge >= 0.3 is 0 Å². The van der Waals surface area contributed by atoms with E-state index in [2.05, 4.69) is 53.3 Å². The number of H-pyrrole nitrogens is 1. The third kappa shape index (κ3) is 2.75. The van der Waals surface area contributed by atoms with E-state index in [0.29, 0.717) is 6.54 Å². The van der Waals surface area contributed by atoms with Gasteiger partial charge in [0, 0.05) is 6.21 Å². The van der Waals surface area contributed by atoms with Gasteiger partial charge in [0.1, 0.15) is 23.5 Å². The molecule has 3 heterocycles. The van der Waals surface area contributed by atoms with E-state index in [1.165, 1.54) is 11.9 Å². The fourth-order valence-electron chi connectivity index (χ4n) is 2.72. The van der Waals surface area contributed by atoms with Crippen molar-refractivity contribution in [3.05, 3.63) is 40.3 Å². The van der Waals surface area contributed by atoms with Crippen LogP contribution in [0.3, 0.4) is 0 Å². The van der Waals surface area contributed by atoms with Crippen LogP contribution in [0.5, 0.6) is 5.75 Å². The van der Waals surface area contributed by atoms with Crippen LogP contribution < -0.4 is 10.1 Å². The van der Waals surface area contributed by atoms with E-state index in [1.807, 2.05) is 26.1 Å². The summed E-state index contributed by atoms with van der Waals surface area (Å²) in [4.78, 5) is 16.1. The minimum Gasteiger partial charge on any atom is -0.489 e. The summed E-state index contributed by atoms with van der Waals surface area (Å²) < 4.78 is 6.84. The maximum absolute atomic E-state index is 5.98. The molecule has 7 heteroatoms. The first-order valence-corrected chi connectivity index (χ1v) is 8.49. The van der Waals surface area contributed by atoms with Crippen LogP contribution in [0.25, 0.3) is 11.0 Å². The van der Waals surface area contributed by atoms with Gasteiger partial charge in [-0.3, -0.25) is 4.99 Å². The van der Waals surface area contributed by atoms with Gasteiger partial charge in [-0.05, 0) is 59.1 Å². The van der Waals surface area contributed by atoms with E-state index in [9.17, 15) is 0 Å². The van der Waals surface area contributed by atoms with E-state index in [4.69, 9.17) is 4.74 Å². The van der Waals surface area contributed by atoms with E-state index in [1.54, 1.807) is 0 Å². The molecule has 0 amide bonds. The summed E-state index contributed by atoms with van der Waals surface area (Å²) in [6, 6.07) is 6.06. The molecular formula is C17H16BrN5O. The number of halogens is 1. The number of nitrogens with one attached hydrogen (secondary N) is 2. The molecule has 1 aromatic carbocycles. The van der Waals surface area contributed by atoms with Crippen LogP contribution in [-0.2, 0) is 6.54 Å². The topological polar surface area (TPSA) is 75.2 Å². The third-order valence-corrected chi connectivity index (χ3v) is 4.17. The molecule has 24 heavy (non-hydrogen) atoms. The standard InChI is InChI=1S/C17H16BrN5O/c1-9(2)24-14-4-11-7-19-6-10(11)3-13(14)22-16-12-5-15(18)23-17(12)21-8-20-16/h3-6,8-9H,7H2,1-2H3,(H2,20,21,22,23). The van der Waals surface area contributed by atoms with Crippen LogP contribution in [0.2, 0.25) is 0 Å². The lowest BCUT2D eigenvalue weighted by Crippen LogP contribution is -2.08. The van der Waals surface area contributed by atoms with Crippen molar-refractivity contribution < 1.29 is 4.74 Å². The lowest BCUT2D eigenvalue weighted by molar-refractivity contribution is 0.243. The van der Waals surface area contributed by atoms with Gasteiger partial charge < -0.3 is 15.0 Å². The van der Waals surface area contributed by atoms with Gasteiger partial charge in [0.15, 0.2) is 0 Å². The van der Waals surface area contributed by atoms with Gasteiger partial charge in [0.05, 0.1) is 28.3 Å². The molecule has 0 radical (unpaired) electrons. The highest BCUT2D eigenvalue weighted by atomic mass is 79.9. The largest absolute Gasteiger partial charge is 0.489 e. The summed E-state index contributed by atoms with van der Waals surface area (Å²) in [7, 11) is 0. The summed E-state index contributed by atoms with van der Waals surface area (Å²) in [6.45, 7) is 4.73. The number of benzene rings is 1. The molecule has 0 unspecified atom stereocenters. The molecular weight excluding hydrogens is 370 g/mol. The highest BCUT2D eigenvalue weighted by molar-refractivity contribution is 9.10. The Balaban J connectivity index is 1.78. The second-order valence-electron chi connectivity index (χ2n) is 5.91. The lowest BCUT2D eigenvalue weighted by Gasteiger charge is -2.17. The summed E-state index contributed by atoms with van der Waals surface area (Å²) in [6.07, 6.45) is 3.51. The Kier molecular flexibility index (Phi) is 3.72. The monoisotopic (exact) mass is 385 g/mol. The number of rotatable bonds is 4. The second-order valence-corrected chi connectivity index (χ2v) is 6.76. The van der Waals surface area contributed by atoms with Crippen molar-refractivity contribution in [2.45, 2.75) is 26.5 Å². The molecule has 0 aliphatic carbocycles. The number of anilines is 2. The van der Waals surface area contributed by atoms with Crippen molar-refractivity contribution in [3.63, 3.8) is 0 Å². The van der Waals surface area contributed by atoms with Crippen LogP contribution in [0.4, 0.5) is 11.5 Å². The van der Waals surface area contributed by atoms with Crippen LogP contribution in [-0.4, -0.2) is 27.3 Å². The number of hydrogen-bond donors (Lipinski definition) is 2. The van der Waals surface area contributed by atoms with Crippen molar-refractivity contribution in [3.8, 4) is 5.75 Å². The predicted octanol–water partition coefficient (Wildman–Crippen LogP) is 4.18. The number of fused-ring (bicyclic) bond motifs is 2. The molecule has 4 rings (SSSR count). The predicted molar refractivity (Wildman–Crippen MR) is 98.4 cm³/mol. The minimum atomic E-state index is 0.0812. The van der Waals surface area contributed by atoms with E-state index >= 15 is 0 Å². The summed E-state index contributed by atoms with van der Waals surface area (Å²) in [5, 5.41) is 4.30. The van der Waals surface area contributed by atoms with Gasteiger partial charge in [-0.1, -0.05) is 0 Å². The van der Waals surface area contributed by atoms with Crippen molar-refractivity contribution >= 4 is 44.7 Å². The van der Waals surface area contributed by atoms with Crippen molar-refractivity contribution in [1.82, 2.24) is 15.0 Å². The van der Waals surface area contributed by atoms with Crippen molar-refractivity contribution in [1.29, 1.82) is 0 Å². The van der Waals surface area contributed by atoms with Crippen molar-refractivity contribution in [2.24, 2.45) is 4.99 Å². The Morgan fingerprint density at radius 2 is 2.12 bits per heavy atom. The van der Waals surface area contributed by atoms with E-state index in [-0.39, 0.29) is 6.10 Å². The van der Waals surface area contributed by atoms with Crippen LogP contribution in [0, 0.1) is 0 Å². The Morgan fingerprint density at radius 1 is 1.25 bits per heavy atom. The number of nitrogens with zero attached hydrogens (tertiary/aromatic N) is 3. The molecule has 0 saturated carbocycles. The zero-order chi connectivity index (χ0) is 16.7. The first-order valence-electron chi connectivity index (χ1n) is 7.70. The number of hydrogen-bond acceptors (Lipinski definition) is 5. The van der Waals surface area contributed by atoms with Crippen LogP contribution in [0.1, 0.15) is 25.0 Å². The first-order chi connectivity index (χ1) is 11.6. The zero-order valence-electron chi connectivity index (χ0n) is 13.3. The maximum atomic E-state index is 5.98. The molecule has 0 spiro atoms. The average Bonchev–Trinajstić information content (AvgIpc) is 3.12. The number of ether oxygens (including phenoxy) is 1. The minimum absolute atomic E-state index is 0.0812. The Labute approximate surface area is 147 Å². The number of aromatic nitrogens is 3. The van der Waals surface area contributed by atoms with Gasteiger partial charge in [-0.25, -0.2) is 9.97 Å². The number of aromatic amines is 1. The van der Waals surface area contributed by atoms with Gasteiger partial charge in [-0.15, -0.1) is 0 Å². The third-order valence-electron chi connectivity index (χ3n) is 3.74. The second kappa shape index (κ2) is 5.90. The quantitative estimate of drug-likeness (QED) is 0.705. The normalized spacial score (nSPS) is 12.8. The molecule has 0 bridgehead atoms. The van der Waals surface area contributed by atoms with Gasteiger partial charge in [0.25, 0.3) is 0 Å². The smallest absolute Gasteiger partial charge is 0.143 e. The summed E-state index contributed by atoms with van der Waals surface area (Å²) >= 11 is 3.44. The van der Waals surface area contributed by atoms with E-state index < -0.39 is 0 Å². The molecule has 2 N–H and O–H groups in total. The van der Waals surface area contributed by atoms with Crippen LogP contribution in [0.15, 0.2) is 34.1 Å². The van der Waals surface area contributed by atoms with E-state index in [0.717, 1.165) is 38.5 Å². The summed E-state index contributed by atoms with van der Waals surface area (Å²) in [5.74, 6) is 1.53. The molecule has 0 atom stereocenters. The summed E-state index contributed by atoms with van der Waals surface area (Å²) in [5.41, 5.74) is 3.92. The van der Waals surface area contributed by atoms with Gasteiger partial charge in [-0.2, -0.15) is 0 Å². The first kappa shape index (κ1) is 15.1.